The Morgan fingerprint density at radius 3 is 2.10 bits per heavy atom. The quantitative estimate of drug-likeness (QED) is 0.299. The number of nitrogens with one attached hydrogen (secondary N) is 1. The Bertz CT molecular complexity index is 1230. The molecule has 3 fully saturated rings. The standard InChI is InChI=1S/C22H24ClFN2O.C6H8O7/c1-26-14-15-9-11-22(26,12-10-15)20(16-5-3-2-4-6-16)25-21(27)18-8-7-17(24)13-19(18)23;7-3(8)1-6(13,5(11)12)2-4(9)10/h2-8,13,15,20H,9-12,14H2,1H3,(H,25,27);13H,1-2H2,(H,7,8)(H,9,10)(H,11,12)/t15?,20-,22?;/m1./s1. The highest BCUT2D eigenvalue weighted by Gasteiger charge is 2.50. The van der Waals surface area contributed by atoms with E-state index in [-0.39, 0.29) is 22.5 Å². The van der Waals surface area contributed by atoms with Gasteiger partial charge in [-0.2, -0.15) is 0 Å². The summed E-state index contributed by atoms with van der Waals surface area (Å²) in [6, 6.07) is 13.9. The fourth-order valence-electron chi connectivity index (χ4n) is 5.59. The third-order valence-corrected chi connectivity index (χ3v) is 7.98. The highest BCUT2D eigenvalue weighted by Crippen LogP contribution is 2.49. The minimum Gasteiger partial charge on any atom is -0.481 e. The Morgan fingerprint density at radius 2 is 1.62 bits per heavy atom. The van der Waals surface area contributed by atoms with Crippen molar-refractivity contribution in [3.8, 4) is 0 Å². The number of carbonyl (C=O) groups is 4. The normalized spacial score (nSPS) is 21.1. The van der Waals surface area contributed by atoms with E-state index >= 15 is 0 Å². The number of carboxylic acids is 3. The van der Waals surface area contributed by atoms with Crippen LogP contribution in [0.15, 0.2) is 48.5 Å². The number of likely N-dealkylation sites (N-methyl/N-ethyl adjacent to an activating group) is 1. The van der Waals surface area contributed by atoms with E-state index < -0.39 is 42.2 Å². The van der Waals surface area contributed by atoms with Gasteiger partial charge in [-0.05, 0) is 62.4 Å². The van der Waals surface area contributed by atoms with Gasteiger partial charge in [0.05, 0.1) is 29.5 Å². The monoisotopic (exact) mass is 578 g/mol. The first-order valence-corrected chi connectivity index (χ1v) is 13.1. The van der Waals surface area contributed by atoms with Crippen LogP contribution in [0.25, 0.3) is 0 Å². The molecular formula is C28H32ClFN2O8. The highest BCUT2D eigenvalue weighted by atomic mass is 35.5. The number of hydrogen-bond donors (Lipinski definition) is 5. The summed E-state index contributed by atoms with van der Waals surface area (Å²) in [6.45, 7) is 1.07. The number of fused-ring (bicyclic) bond motifs is 3. The molecule has 40 heavy (non-hydrogen) atoms. The second-order valence-electron chi connectivity index (χ2n) is 10.3. The maximum Gasteiger partial charge on any atom is 0.336 e. The summed E-state index contributed by atoms with van der Waals surface area (Å²) in [5.41, 5.74) is -1.44. The zero-order chi connectivity index (χ0) is 29.7. The summed E-state index contributed by atoms with van der Waals surface area (Å²) >= 11 is 6.13. The third-order valence-electron chi connectivity index (χ3n) is 7.67. The molecule has 0 unspecified atom stereocenters. The van der Waals surface area contributed by atoms with E-state index in [2.05, 4.69) is 29.4 Å². The van der Waals surface area contributed by atoms with Crippen molar-refractivity contribution in [1.82, 2.24) is 10.2 Å². The molecule has 216 valence electrons. The number of hydrogen-bond acceptors (Lipinski definition) is 6. The molecule has 0 aromatic heterocycles. The zero-order valence-electron chi connectivity index (χ0n) is 21.8. The van der Waals surface area contributed by atoms with Gasteiger partial charge in [-0.25, -0.2) is 9.18 Å². The average Bonchev–Trinajstić information content (AvgIpc) is 2.87. The summed E-state index contributed by atoms with van der Waals surface area (Å²) < 4.78 is 13.4. The van der Waals surface area contributed by atoms with Crippen molar-refractivity contribution >= 4 is 35.4 Å². The van der Waals surface area contributed by atoms with Gasteiger partial charge in [-0.1, -0.05) is 41.9 Å². The number of carboxylic acid groups (broad SMARTS) is 3. The lowest BCUT2D eigenvalue weighted by Gasteiger charge is -2.57. The van der Waals surface area contributed by atoms with Gasteiger partial charge in [0.1, 0.15) is 5.82 Å². The number of nitrogens with zero attached hydrogens (tertiary/aromatic N) is 1. The first-order chi connectivity index (χ1) is 18.8. The topological polar surface area (TPSA) is 164 Å². The van der Waals surface area contributed by atoms with Crippen LogP contribution in [0.4, 0.5) is 4.39 Å². The van der Waals surface area contributed by atoms with Gasteiger partial charge in [0, 0.05) is 12.1 Å². The third kappa shape index (κ3) is 7.15. The Morgan fingerprint density at radius 1 is 1.05 bits per heavy atom. The lowest BCUT2D eigenvalue weighted by Crippen LogP contribution is -2.62. The number of rotatable bonds is 9. The molecular weight excluding hydrogens is 547 g/mol. The first-order valence-electron chi connectivity index (χ1n) is 12.7. The van der Waals surface area contributed by atoms with Crippen molar-refractivity contribution in [2.75, 3.05) is 13.6 Å². The Balaban J connectivity index is 0.000000289. The Labute approximate surface area is 235 Å². The lowest BCUT2D eigenvalue weighted by molar-refractivity contribution is -0.170. The highest BCUT2D eigenvalue weighted by molar-refractivity contribution is 6.33. The summed E-state index contributed by atoms with van der Waals surface area (Å²) in [7, 11) is 2.16. The van der Waals surface area contributed by atoms with Crippen LogP contribution in [0.3, 0.4) is 0 Å². The number of benzene rings is 2. The minimum atomic E-state index is -2.74. The Hall–Kier alpha value is -3.54. The summed E-state index contributed by atoms with van der Waals surface area (Å²) in [5.74, 6) is -4.96. The van der Waals surface area contributed by atoms with Gasteiger partial charge in [0.15, 0.2) is 5.60 Å². The van der Waals surface area contributed by atoms with E-state index in [1.165, 1.54) is 31.0 Å². The van der Waals surface area contributed by atoms with Crippen molar-refractivity contribution in [1.29, 1.82) is 0 Å². The van der Waals surface area contributed by atoms with Crippen molar-refractivity contribution < 1.29 is 44.0 Å². The van der Waals surface area contributed by atoms with Crippen molar-refractivity contribution in [3.05, 3.63) is 70.5 Å². The number of piperidine rings is 2. The zero-order valence-corrected chi connectivity index (χ0v) is 22.6. The second kappa shape index (κ2) is 12.8. The van der Waals surface area contributed by atoms with Gasteiger partial charge in [-0.3, -0.25) is 19.3 Å². The largest absolute Gasteiger partial charge is 0.481 e. The SMILES string of the molecule is CN1CC2CCC1([C@H](NC(=O)c1ccc(F)cc1Cl)c1ccccc1)CC2.O=C(O)CC(O)(CC(=O)O)C(=O)O. The summed E-state index contributed by atoms with van der Waals surface area (Å²) in [4.78, 5) is 46.0. The van der Waals surface area contributed by atoms with Crippen LogP contribution in [0, 0.1) is 11.7 Å². The molecule has 2 saturated heterocycles. The molecule has 2 aromatic rings. The molecule has 1 aliphatic carbocycles. The first kappa shape index (κ1) is 31.0. The maximum atomic E-state index is 13.4. The van der Waals surface area contributed by atoms with Crippen molar-refractivity contribution in [2.45, 2.75) is 55.7 Å². The van der Waals surface area contributed by atoms with E-state index in [0.29, 0.717) is 5.56 Å². The fraction of sp³-hybridized carbons (Fsp3) is 0.429. The molecule has 1 atom stereocenters. The molecule has 0 spiro atoms. The second-order valence-corrected chi connectivity index (χ2v) is 10.8. The number of halogens is 2. The van der Waals surface area contributed by atoms with Crippen LogP contribution in [-0.4, -0.2) is 73.9 Å². The van der Waals surface area contributed by atoms with Crippen LogP contribution in [0.5, 0.6) is 0 Å². The van der Waals surface area contributed by atoms with Crippen LogP contribution in [-0.2, 0) is 14.4 Å². The molecule has 10 nitrogen and oxygen atoms in total. The maximum absolute atomic E-state index is 13.4. The molecule has 1 saturated carbocycles. The fourth-order valence-corrected chi connectivity index (χ4v) is 5.84. The molecule has 3 aliphatic rings. The van der Waals surface area contributed by atoms with E-state index in [9.17, 15) is 23.6 Å². The molecule has 2 bridgehead atoms. The molecule has 0 radical (unpaired) electrons. The van der Waals surface area contributed by atoms with E-state index in [1.54, 1.807) is 0 Å². The molecule has 2 heterocycles. The predicted octanol–water partition coefficient (Wildman–Crippen LogP) is 3.58. The average molecular weight is 579 g/mol. The van der Waals surface area contributed by atoms with Crippen LogP contribution in [0.1, 0.15) is 60.5 Å². The molecule has 2 aliphatic heterocycles. The van der Waals surface area contributed by atoms with Gasteiger partial charge in [0.2, 0.25) is 0 Å². The van der Waals surface area contributed by atoms with E-state index in [4.69, 9.17) is 32.0 Å². The van der Waals surface area contributed by atoms with Crippen molar-refractivity contribution in [3.63, 3.8) is 0 Å². The number of amides is 1. The number of carbonyl (C=O) groups excluding carboxylic acids is 1. The molecule has 2 aromatic carbocycles. The minimum absolute atomic E-state index is 0.0989. The van der Waals surface area contributed by atoms with E-state index in [0.717, 1.165) is 30.9 Å². The van der Waals surface area contributed by atoms with Gasteiger partial charge < -0.3 is 25.7 Å². The van der Waals surface area contributed by atoms with Crippen LogP contribution < -0.4 is 5.32 Å². The van der Waals surface area contributed by atoms with Crippen molar-refractivity contribution in [2.24, 2.45) is 5.92 Å². The molecule has 12 heteroatoms. The predicted molar refractivity (Wildman–Crippen MR) is 142 cm³/mol. The Kier molecular flexibility index (Phi) is 9.88. The molecule has 5 rings (SSSR count). The lowest BCUT2D eigenvalue weighted by atomic mass is 9.66. The summed E-state index contributed by atoms with van der Waals surface area (Å²) in [5, 5.41) is 37.2. The van der Waals surface area contributed by atoms with Gasteiger partial charge in [0.25, 0.3) is 5.91 Å². The number of aliphatic carboxylic acids is 3. The van der Waals surface area contributed by atoms with Gasteiger partial charge >= 0.3 is 17.9 Å². The molecule has 1 amide bonds. The summed E-state index contributed by atoms with van der Waals surface area (Å²) in [6.07, 6.45) is 2.22. The smallest absolute Gasteiger partial charge is 0.336 e. The number of aliphatic hydroxyl groups is 1. The van der Waals surface area contributed by atoms with Gasteiger partial charge in [-0.15, -0.1) is 0 Å². The van der Waals surface area contributed by atoms with E-state index in [1.807, 2.05) is 18.2 Å². The van der Waals surface area contributed by atoms with Crippen LogP contribution in [0.2, 0.25) is 5.02 Å². The molecule has 5 N–H and O–H groups in total. The van der Waals surface area contributed by atoms with Crippen LogP contribution >= 0.6 is 11.6 Å².